The Labute approximate surface area is 159 Å². The first-order valence-electron chi connectivity index (χ1n) is 9.19. The summed E-state index contributed by atoms with van der Waals surface area (Å²) >= 11 is 6.10. The molecular formula is C20H25ClN4O. The molecule has 3 rings (SSSR count). The largest absolute Gasteiger partial charge is 0.368 e. The quantitative estimate of drug-likeness (QED) is 0.866. The average molecular weight is 373 g/mol. The highest BCUT2D eigenvalue weighted by molar-refractivity contribution is 6.30. The van der Waals surface area contributed by atoms with Crippen LogP contribution in [0.15, 0.2) is 18.2 Å². The lowest BCUT2D eigenvalue weighted by Gasteiger charge is -2.18. The van der Waals surface area contributed by atoms with Crippen molar-refractivity contribution in [1.29, 1.82) is 0 Å². The van der Waals surface area contributed by atoms with Gasteiger partial charge in [-0.05, 0) is 50.3 Å². The summed E-state index contributed by atoms with van der Waals surface area (Å²) in [5.41, 5.74) is 10.7. The summed E-state index contributed by atoms with van der Waals surface area (Å²) in [4.78, 5) is 23.4. The lowest BCUT2D eigenvalue weighted by Crippen LogP contribution is -2.28. The number of hydrogen-bond donors (Lipinski definition) is 1. The van der Waals surface area contributed by atoms with E-state index in [9.17, 15) is 4.79 Å². The maximum atomic E-state index is 12.5. The molecule has 1 aromatic carbocycles. The minimum absolute atomic E-state index is 0.208. The first kappa shape index (κ1) is 18.6. The number of aromatic nitrogens is 2. The molecule has 1 aliphatic heterocycles. The summed E-state index contributed by atoms with van der Waals surface area (Å²) in [5.74, 6) is 0.473. The molecule has 26 heavy (non-hydrogen) atoms. The fourth-order valence-electron chi connectivity index (χ4n) is 3.58. The lowest BCUT2D eigenvalue weighted by molar-refractivity contribution is -0.130. The van der Waals surface area contributed by atoms with Gasteiger partial charge in [-0.3, -0.25) is 4.79 Å². The smallest absolute Gasteiger partial charge is 0.222 e. The van der Waals surface area contributed by atoms with Crippen LogP contribution >= 0.6 is 11.6 Å². The van der Waals surface area contributed by atoms with Gasteiger partial charge >= 0.3 is 0 Å². The normalized spacial score (nSPS) is 14.0. The second-order valence-corrected chi connectivity index (χ2v) is 7.19. The second-order valence-electron chi connectivity index (χ2n) is 6.76. The molecule has 0 saturated carbocycles. The highest BCUT2D eigenvalue weighted by Crippen LogP contribution is 2.30. The third-order valence-corrected chi connectivity index (χ3v) is 5.17. The van der Waals surface area contributed by atoms with Gasteiger partial charge in [0.1, 0.15) is 0 Å². The van der Waals surface area contributed by atoms with Crippen molar-refractivity contribution in [2.75, 3.05) is 18.8 Å². The SMILES string of the molecule is CCc1nc(N)nc(-c2ccc(Cl)cc2C)c1CCC(=O)N1CCCC1. The number of carbonyl (C=O) groups excluding carboxylic acids is 1. The molecule has 0 spiro atoms. The predicted octanol–water partition coefficient (Wildman–Crippen LogP) is 3.81. The number of likely N-dealkylation sites (tertiary alicyclic amines) is 1. The van der Waals surface area contributed by atoms with Gasteiger partial charge in [0.15, 0.2) is 0 Å². The van der Waals surface area contributed by atoms with Crippen LogP contribution in [0.25, 0.3) is 11.3 Å². The average Bonchev–Trinajstić information content (AvgIpc) is 3.14. The van der Waals surface area contributed by atoms with Gasteiger partial charge in [0.05, 0.1) is 5.69 Å². The third-order valence-electron chi connectivity index (χ3n) is 4.94. The van der Waals surface area contributed by atoms with Crippen molar-refractivity contribution in [3.05, 3.63) is 40.0 Å². The van der Waals surface area contributed by atoms with Crippen LogP contribution in [0.1, 0.15) is 43.0 Å². The molecule has 0 atom stereocenters. The summed E-state index contributed by atoms with van der Waals surface area (Å²) in [6.07, 6.45) is 4.05. The Morgan fingerprint density at radius 3 is 2.65 bits per heavy atom. The monoisotopic (exact) mass is 372 g/mol. The van der Waals surface area contributed by atoms with Crippen LogP contribution in [0.3, 0.4) is 0 Å². The van der Waals surface area contributed by atoms with E-state index in [1.165, 1.54) is 0 Å². The second kappa shape index (κ2) is 8.04. The van der Waals surface area contributed by atoms with E-state index in [0.29, 0.717) is 17.9 Å². The van der Waals surface area contributed by atoms with Crippen molar-refractivity contribution < 1.29 is 4.79 Å². The van der Waals surface area contributed by atoms with Crippen molar-refractivity contribution in [3.8, 4) is 11.3 Å². The first-order chi connectivity index (χ1) is 12.5. The number of nitrogens with zero attached hydrogens (tertiary/aromatic N) is 3. The Kier molecular flexibility index (Phi) is 5.77. The zero-order chi connectivity index (χ0) is 18.7. The summed E-state index contributed by atoms with van der Waals surface area (Å²) in [7, 11) is 0. The van der Waals surface area contributed by atoms with Crippen molar-refractivity contribution in [3.63, 3.8) is 0 Å². The summed E-state index contributed by atoms with van der Waals surface area (Å²) in [6.45, 7) is 5.80. The minimum Gasteiger partial charge on any atom is -0.368 e. The van der Waals surface area contributed by atoms with Crippen LogP contribution in [-0.2, 0) is 17.6 Å². The predicted molar refractivity (Wildman–Crippen MR) is 105 cm³/mol. The fraction of sp³-hybridized carbons (Fsp3) is 0.450. The van der Waals surface area contributed by atoms with E-state index >= 15 is 0 Å². The Bertz CT molecular complexity index is 816. The number of amides is 1. The molecular weight excluding hydrogens is 348 g/mol. The van der Waals surface area contributed by atoms with Gasteiger partial charge in [-0.2, -0.15) is 0 Å². The van der Waals surface area contributed by atoms with Crippen LogP contribution in [0, 0.1) is 6.92 Å². The highest BCUT2D eigenvalue weighted by Gasteiger charge is 2.21. The Balaban J connectivity index is 1.95. The van der Waals surface area contributed by atoms with Gasteiger partial charge in [0.25, 0.3) is 0 Å². The van der Waals surface area contributed by atoms with E-state index in [4.69, 9.17) is 17.3 Å². The molecule has 6 heteroatoms. The van der Waals surface area contributed by atoms with Crippen LogP contribution < -0.4 is 5.73 Å². The molecule has 1 fully saturated rings. The van der Waals surface area contributed by atoms with Gasteiger partial charge in [-0.25, -0.2) is 9.97 Å². The molecule has 1 aliphatic rings. The van der Waals surface area contributed by atoms with E-state index in [2.05, 4.69) is 9.97 Å². The first-order valence-corrected chi connectivity index (χ1v) is 9.57. The molecule has 138 valence electrons. The van der Waals surface area contributed by atoms with Crippen LogP contribution in [0.2, 0.25) is 5.02 Å². The zero-order valence-corrected chi connectivity index (χ0v) is 16.1. The number of rotatable bonds is 5. The van der Waals surface area contributed by atoms with Crippen LogP contribution in [-0.4, -0.2) is 33.9 Å². The van der Waals surface area contributed by atoms with Crippen LogP contribution in [0.5, 0.6) is 0 Å². The van der Waals surface area contributed by atoms with Crippen molar-refractivity contribution in [2.24, 2.45) is 0 Å². The number of aryl methyl sites for hydroxylation is 2. The maximum Gasteiger partial charge on any atom is 0.222 e. The van der Waals surface area contributed by atoms with Crippen molar-refractivity contribution in [2.45, 2.75) is 46.0 Å². The molecule has 0 unspecified atom stereocenters. The number of nitrogens with two attached hydrogens (primary N) is 1. The zero-order valence-electron chi connectivity index (χ0n) is 15.4. The topological polar surface area (TPSA) is 72.1 Å². The van der Waals surface area contributed by atoms with Crippen molar-refractivity contribution in [1.82, 2.24) is 14.9 Å². The third kappa shape index (κ3) is 3.98. The van der Waals surface area contributed by atoms with E-state index in [1.807, 2.05) is 36.9 Å². The summed E-state index contributed by atoms with van der Waals surface area (Å²) in [5, 5.41) is 0.690. The molecule has 1 aromatic heterocycles. The Morgan fingerprint density at radius 2 is 2.00 bits per heavy atom. The molecule has 5 nitrogen and oxygen atoms in total. The van der Waals surface area contributed by atoms with Gasteiger partial charge in [-0.15, -0.1) is 0 Å². The van der Waals surface area contributed by atoms with E-state index in [0.717, 1.165) is 60.4 Å². The van der Waals surface area contributed by atoms with E-state index < -0.39 is 0 Å². The maximum absolute atomic E-state index is 12.5. The minimum atomic E-state index is 0.208. The molecule has 1 saturated heterocycles. The lowest BCUT2D eigenvalue weighted by atomic mass is 9.96. The summed E-state index contributed by atoms with van der Waals surface area (Å²) < 4.78 is 0. The van der Waals surface area contributed by atoms with Gasteiger partial charge in [-0.1, -0.05) is 24.6 Å². The molecule has 2 heterocycles. The fourth-order valence-corrected chi connectivity index (χ4v) is 3.80. The van der Waals surface area contributed by atoms with Gasteiger partial charge < -0.3 is 10.6 Å². The number of nitrogen functional groups attached to an aromatic ring is 1. The van der Waals surface area contributed by atoms with E-state index in [1.54, 1.807) is 0 Å². The van der Waals surface area contributed by atoms with Crippen LogP contribution in [0.4, 0.5) is 5.95 Å². The molecule has 0 aliphatic carbocycles. The Hall–Kier alpha value is -2.14. The molecule has 1 amide bonds. The number of benzene rings is 1. The number of halogens is 1. The summed E-state index contributed by atoms with van der Waals surface area (Å²) in [6, 6.07) is 5.73. The number of hydrogen-bond acceptors (Lipinski definition) is 4. The Morgan fingerprint density at radius 1 is 1.27 bits per heavy atom. The van der Waals surface area contributed by atoms with Crippen molar-refractivity contribution >= 4 is 23.5 Å². The van der Waals surface area contributed by atoms with Gasteiger partial charge in [0.2, 0.25) is 11.9 Å². The van der Waals surface area contributed by atoms with E-state index in [-0.39, 0.29) is 11.9 Å². The highest BCUT2D eigenvalue weighted by atomic mass is 35.5. The standard InChI is InChI=1S/C20H25ClN4O/c1-3-17-16(8-9-18(26)25-10-4-5-11-25)19(24-20(22)23-17)15-7-6-14(21)12-13(15)2/h6-7,12H,3-5,8-11H2,1-2H3,(H2,22,23,24). The molecule has 2 N–H and O–H groups in total. The number of carbonyl (C=O) groups is 1. The van der Waals surface area contributed by atoms with Gasteiger partial charge in [0, 0.05) is 41.4 Å². The molecule has 2 aromatic rings. The molecule has 0 bridgehead atoms. The molecule has 0 radical (unpaired) electrons. The number of anilines is 1.